The minimum absolute atomic E-state index is 0.253. The summed E-state index contributed by atoms with van der Waals surface area (Å²) in [5.74, 6) is 0.324. The van der Waals surface area contributed by atoms with Crippen LogP contribution in [0.5, 0.6) is 11.5 Å². The Kier molecular flexibility index (Phi) is 3.93. The van der Waals surface area contributed by atoms with E-state index in [1.165, 1.54) is 20.4 Å². The Morgan fingerprint density at radius 2 is 2.00 bits per heavy atom. The quantitative estimate of drug-likeness (QED) is 0.669. The molecule has 0 amide bonds. The van der Waals surface area contributed by atoms with E-state index in [9.17, 15) is 9.59 Å². The van der Waals surface area contributed by atoms with Gasteiger partial charge in [0.05, 0.1) is 37.5 Å². The van der Waals surface area contributed by atoms with Crippen molar-refractivity contribution in [2.45, 2.75) is 6.92 Å². The van der Waals surface area contributed by atoms with Gasteiger partial charge in [0.25, 0.3) is 0 Å². The van der Waals surface area contributed by atoms with Crippen LogP contribution in [0, 0.1) is 0 Å². The molecule has 106 valence electrons. The monoisotopic (exact) mass is 277 g/mol. The van der Waals surface area contributed by atoms with E-state index in [0.29, 0.717) is 28.7 Å². The summed E-state index contributed by atoms with van der Waals surface area (Å²) < 4.78 is 15.4. The molecular formula is C14H15NO5. The van der Waals surface area contributed by atoms with Crippen LogP contribution in [0.4, 0.5) is 0 Å². The van der Waals surface area contributed by atoms with Crippen LogP contribution in [0.3, 0.4) is 0 Å². The van der Waals surface area contributed by atoms with Crippen molar-refractivity contribution < 1.29 is 23.8 Å². The van der Waals surface area contributed by atoms with Crippen molar-refractivity contribution in [3.8, 4) is 11.5 Å². The average Bonchev–Trinajstić information content (AvgIpc) is 2.90. The van der Waals surface area contributed by atoms with E-state index >= 15 is 0 Å². The lowest BCUT2D eigenvalue weighted by Gasteiger charge is -2.10. The van der Waals surface area contributed by atoms with Crippen LogP contribution in [0.2, 0.25) is 0 Å². The summed E-state index contributed by atoms with van der Waals surface area (Å²) >= 11 is 0. The number of rotatable bonds is 5. The molecule has 1 heterocycles. The van der Waals surface area contributed by atoms with Gasteiger partial charge in [0.1, 0.15) is 11.5 Å². The largest absolute Gasteiger partial charge is 0.496 e. The number of aldehydes is 1. The summed E-state index contributed by atoms with van der Waals surface area (Å²) in [7, 11) is 2.95. The van der Waals surface area contributed by atoms with E-state index in [4.69, 9.17) is 14.2 Å². The topological polar surface area (TPSA) is 77.6 Å². The molecule has 1 aromatic heterocycles. The van der Waals surface area contributed by atoms with Gasteiger partial charge in [-0.25, -0.2) is 4.79 Å². The van der Waals surface area contributed by atoms with Gasteiger partial charge in [0.2, 0.25) is 0 Å². The normalized spacial score (nSPS) is 10.3. The molecule has 0 aliphatic heterocycles. The van der Waals surface area contributed by atoms with Gasteiger partial charge in [0.15, 0.2) is 6.29 Å². The summed E-state index contributed by atoms with van der Waals surface area (Å²) in [4.78, 5) is 26.2. The van der Waals surface area contributed by atoms with Crippen LogP contribution in [0.15, 0.2) is 12.3 Å². The van der Waals surface area contributed by atoms with Crippen LogP contribution >= 0.6 is 0 Å². The summed E-state index contributed by atoms with van der Waals surface area (Å²) in [6.45, 7) is 1.97. The molecule has 0 spiro atoms. The first-order valence-electron chi connectivity index (χ1n) is 6.06. The van der Waals surface area contributed by atoms with Gasteiger partial charge in [-0.2, -0.15) is 0 Å². The number of nitrogens with one attached hydrogen (secondary N) is 1. The molecule has 2 aromatic rings. The highest BCUT2D eigenvalue weighted by Crippen LogP contribution is 2.36. The Bertz CT molecular complexity index is 659. The lowest BCUT2D eigenvalue weighted by atomic mass is 10.1. The second-order valence-corrected chi connectivity index (χ2v) is 3.99. The number of aromatic nitrogens is 1. The minimum Gasteiger partial charge on any atom is -0.496 e. The van der Waals surface area contributed by atoms with Crippen LogP contribution in [-0.4, -0.2) is 38.1 Å². The molecule has 20 heavy (non-hydrogen) atoms. The molecule has 6 heteroatoms. The van der Waals surface area contributed by atoms with E-state index < -0.39 is 5.97 Å². The molecule has 0 fully saturated rings. The zero-order chi connectivity index (χ0) is 14.7. The third kappa shape index (κ3) is 2.09. The molecular weight excluding hydrogens is 262 g/mol. The maximum atomic E-state index is 11.9. The number of methoxy groups -OCH3 is 2. The number of benzene rings is 1. The molecule has 1 aromatic carbocycles. The van der Waals surface area contributed by atoms with Gasteiger partial charge < -0.3 is 19.2 Å². The Morgan fingerprint density at radius 1 is 1.30 bits per heavy atom. The fourth-order valence-corrected chi connectivity index (χ4v) is 2.11. The molecule has 1 N–H and O–H groups in total. The zero-order valence-electron chi connectivity index (χ0n) is 11.5. The highest BCUT2D eigenvalue weighted by molar-refractivity contribution is 6.13. The van der Waals surface area contributed by atoms with Crippen molar-refractivity contribution in [3.63, 3.8) is 0 Å². The predicted molar refractivity (Wildman–Crippen MR) is 72.7 cm³/mol. The van der Waals surface area contributed by atoms with Crippen molar-refractivity contribution in [1.82, 2.24) is 4.98 Å². The van der Waals surface area contributed by atoms with Crippen molar-refractivity contribution in [1.29, 1.82) is 0 Å². The number of H-pyrrole nitrogens is 1. The average molecular weight is 277 g/mol. The standard InChI is InChI=1S/C14H15NO5/c1-4-20-14(17)8-6-15-13-11(19-3)5-10(18-2)9(7-16)12(8)13/h5-7,15H,4H2,1-3H3. The van der Waals surface area contributed by atoms with Gasteiger partial charge >= 0.3 is 5.97 Å². The number of aromatic amines is 1. The number of carbonyl (C=O) groups excluding carboxylic acids is 2. The molecule has 0 aliphatic rings. The second-order valence-electron chi connectivity index (χ2n) is 3.99. The Hall–Kier alpha value is -2.50. The molecule has 0 saturated heterocycles. The van der Waals surface area contributed by atoms with Crippen molar-refractivity contribution >= 4 is 23.2 Å². The third-order valence-corrected chi connectivity index (χ3v) is 2.98. The Labute approximate surface area is 115 Å². The fourth-order valence-electron chi connectivity index (χ4n) is 2.11. The summed E-state index contributed by atoms with van der Waals surface area (Å²) in [6.07, 6.45) is 2.15. The zero-order valence-corrected chi connectivity index (χ0v) is 11.5. The molecule has 0 aliphatic carbocycles. The van der Waals surface area contributed by atoms with E-state index in [0.717, 1.165) is 0 Å². The van der Waals surface area contributed by atoms with Crippen molar-refractivity contribution in [3.05, 3.63) is 23.4 Å². The minimum atomic E-state index is -0.503. The molecule has 0 bridgehead atoms. The SMILES string of the molecule is CCOC(=O)c1c[nH]c2c(OC)cc(OC)c(C=O)c12. The van der Waals surface area contributed by atoms with Gasteiger partial charge in [-0.3, -0.25) is 4.79 Å². The van der Waals surface area contributed by atoms with Gasteiger partial charge in [0, 0.05) is 17.6 Å². The lowest BCUT2D eigenvalue weighted by molar-refractivity contribution is 0.0528. The third-order valence-electron chi connectivity index (χ3n) is 2.98. The number of hydrogen-bond donors (Lipinski definition) is 1. The molecule has 0 radical (unpaired) electrons. The molecule has 6 nitrogen and oxygen atoms in total. The number of hydrogen-bond acceptors (Lipinski definition) is 5. The summed E-state index contributed by atoms with van der Waals surface area (Å²) in [5, 5.41) is 0.439. The molecule has 0 atom stereocenters. The number of esters is 1. The Balaban J connectivity index is 2.79. The number of fused-ring (bicyclic) bond motifs is 1. The van der Waals surface area contributed by atoms with Gasteiger partial charge in [-0.05, 0) is 6.92 Å². The smallest absolute Gasteiger partial charge is 0.340 e. The van der Waals surface area contributed by atoms with Crippen molar-refractivity contribution in [2.24, 2.45) is 0 Å². The lowest BCUT2D eigenvalue weighted by Crippen LogP contribution is -2.05. The van der Waals surface area contributed by atoms with E-state index in [-0.39, 0.29) is 17.7 Å². The summed E-state index contributed by atoms with van der Waals surface area (Å²) in [5.41, 5.74) is 1.12. The maximum absolute atomic E-state index is 11.9. The fraction of sp³-hybridized carbons (Fsp3) is 0.286. The van der Waals surface area contributed by atoms with Crippen LogP contribution in [0.1, 0.15) is 27.6 Å². The van der Waals surface area contributed by atoms with Crippen molar-refractivity contribution in [2.75, 3.05) is 20.8 Å². The number of ether oxygens (including phenoxy) is 3. The first kappa shape index (κ1) is 13.9. The van der Waals surface area contributed by atoms with E-state index in [2.05, 4.69) is 4.98 Å². The molecule has 2 rings (SSSR count). The highest BCUT2D eigenvalue weighted by atomic mass is 16.5. The summed E-state index contributed by atoms with van der Waals surface area (Å²) in [6, 6.07) is 1.59. The van der Waals surface area contributed by atoms with Crippen LogP contribution in [0.25, 0.3) is 10.9 Å². The van der Waals surface area contributed by atoms with Gasteiger partial charge in [-0.1, -0.05) is 0 Å². The highest BCUT2D eigenvalue weighted by Gasteiger charge is 2.22. The first-order valence-corrected chi connectivity index (χ1v) is 6.06. The van der Waals surface area contributed by atoms with E-state index in [1.807, 2.05) is 0 Å². The second kappa shape index (κ2) is 5.64. The molecule has 0 unspecified atom stereocenters. The maximum Gasteiger partial charge on any atom is 0.340 e. The van der Waals surface area contributed by atoms with E-state index in [1.54, 1.807) is 13.0 Å². The van der Waals surface area contributed by atoms with Crippen LogP contribution in [-0.2, 0) is 4.74 Å². The first-order chi connectivity index (χ1) is 9.67. The number of carbonyl (C=O) groups is 2. The Morgan fingerprint density at radius 3 is 2.55 bits per heavy atom. The van der Waals surface area contributed by atoms with Gasteiger partial charge in [-0.15, -0.1) is 0 Å². The predicted octanol–water partition coefficient (Wildman–Crippen LogP) is 2.17. The van der Waals surface area contributed by atoms with Crippen LogP contribution < -0.4 is 9.47 Å². The molecule has 0 saturated carbocycles.